The molecule has 0 spiro atoms. The molecule has 3 rings (SSSR count). The van der Waals surface area contributed by atoms with Gasteiger partial charge in [0.1, 0.15) is 11.6 Å². The fourth-order valence-corrected chi connectivity index (χ4v) is 3.18. The minimum absolute atomic E-state index is 0.111. The molecule has 20 heavy (non-hydrogen) atoms. The maximum Gasteiger partial charge on any atom is 0.142 e. The van der Waals surface area contributed by atoms with Gasteiger partial charge in [0.05, 0.1) is 11.1 Å². The number of halogens is 2. The zero-order chi connectivity index (χ0) is 14.1. The zero-order valence-corrected chi connectivity index (χ0v) is 12.7. The Hall–Kier alpha value is -1.39. The van der Waals surface area contributed by atoms with Crippen molar-refractivity contribution in [2.75, 3.05) is 13.7 Å². The molecule has 2 aromatic rings. The van der Waals surface area contributed by atoms with Crippen molar-refractivity contribution in [3.8, 4) is 5.75 Å². The maximum atomic E-state index is 14.3. The van der Waals surface area contributed by atoms with E-state index in [1.807, 2.05) is 43.4 Å². The summed E-state index contributed by atoms with van der Waals surface area (Å²) in [6.07, 6.45) is 0. The Morgan fingerprint density at radius 1 is 1.25 bits per heavy atom. The molecule has 1 heterocycles. The lowest BCUT2D eigenvalue weighted by molar-refractivity contribution is 0.302. The fraction of sp³-hybridized carbons (Fsp3) is 0.250. The van der Waals surface area contributed by atoms with E-state index in [0.29, 0.717) is 16.6 Å². The van der Waals surface area contributed by atoms with Gasteiger partial charge in [0.25, 0.3) is 0 Å². The summed E-state index contributed by atoms with van der Waals surface area (Å²) in [5.74, 6) is 0.796. The minimum atomic E-state index is -0.212. The molecule has 0 saturated heterocycles. The largest absolute Gasteiger partial charge is 0.493 e. The number of ether oxygens (including phenoxy) is 1. The summed E-state index contributed by atoms with van der Waals surface area (Å²) in [6.45, 7) is 0.566. The van der Waals surface area contributed by atoms with Crippen LogP contribution >= 0.6 is 15.9 Å². The first-order valence-corrected chi connectivity index (χ1v) is 7.34. The second-order valence-corrected chi connectivity index (χ2v) is 5.72. The molecule has 104 valence electrons. The van der Waals surface area contributed by atoms with Crippen LogP contribution in [0.15, 0.2) is 46.9 Å². The van der Waals surface area contributed by atoms with E-state index in [2.05, 4.69) is 21.2 Å². The number of fused-ring (bicyclic) bond motifs is 1. The van der Waals surface area contributed by atoms with Crippen LogP contribution in [-0.4, -0.2) is 13.7 Å². The highest BCUT2D eigenvalue weighted by Crippen LogP contribution is 2.42. The lowest BCUT2D eigenvalue weighted by Gasteiger charge is -2.23. The summed E-state index contributed by atoms with van der Waals surface area (Å²) in [5.41, 5.74) is 1.79. The predicted molar refractivity (Wildman–Crippen MR) is 80.6 cm³/mol. The smallest absolute Gasteiger partial charge is 0.142 e. The zero-order valence-electron chi connectivity index (χ0n) is 11.1. The average Bonchev–Trinajstić information content (AvgIpc) is 2.88. The molecule has 2 aromatic carbocycles. The van der Waals surface area contributed by atoms with Gasteiger partial charge in [-0.1, -0.05) is 30.3 Å². The summed E-state index contributed by atoms with van der Waals surface area (Å²) in [7, 11) is 1.85. The maximum absolute atomic E-state index is 14.3. The monoisotopic (exact) mass is 335 g/mol. The van der Waals surface area contributed by atoms with Gasteiger partial charge >= 0.3 is 0 Å². The number of benzene rings is 2. The van der Waals surface area contributed by atoms with Gasteiger partial charge in [0.2, 0.25) is 0 Å². The molecule has 1 N–H and O–H groups in total. The number of rotatable bonds is 3. The van der Waals surface area contributed by atoms with Crippen molar-refractivity contribution in [2.24, 2.45) is 0 Å². The lowest BCUT2D eigenvalue weighted by atomic mass is 9.88. The third kappa shape index (κ3) is 2.23. The molecular weight excluding hydrogens is 321 g/mol. The fourth-order valence-electron chi connectivity index (χ4n) is 2.80. The Bertz CT molecular complexity index is 632. The molecule has 0 bridgehead atoms. The summed E-state index contributed by atoms with van der Waals surface area (Å²) in [4.78, 5) is 0. The van der Waals surface area contributed by atoms with E-state index in [1.54, 1.807) is 6.07 Å². The third-order valence-electron chi connectivity index (χ3n) is 3.77. The van der Waals surface area contributed by atoms with Gasteiger partial charge in [-0.15, -0.1) is 0 Å². The van der Waals surface area contributed by atoms with Crippen LogP contribution in [0.4, 0.5) is 4.39 Å². The van der Waals surface area contributed by atoms with Crippen LogP contribution in [0.1, 0.15) is 23.1 Å². The van der Waals surface area contributed by atoms with Crippen LogP contribution in [0, 0.1) is 5.82 Å². The van der Waals surface area contributed by atoms with Crippen molar-refractivity contribution < 1.29 is 9.13 Å². The van der Waals surface area contributed by atoms with Gasteiger partial charge in [-0.05, 0) is 35.1 Å². The molecule has 4 heteroatoms. The van der Waals surface area contributed by atoms with Crippen molar-refractivity contribution in [1.29, 1.82) is 0 Å². The van der Waals surface area contributed by atoms with E-state index in [-0.39, 0.29) is 17.8 Å². The van der Waals surface area contributed by atoms with Crippen LogP contribution in [0.2, 0.25) is 0 Å². The van der Waals surface area contributed by atoms with Crippen LogP contribution in [0.25, 0.3) is 0 Å². The molecule has 0 saturated carbocycles. The van der Waals surface area contributed by atoms with Crippen LogP contribution in [0.3, 0.4) is 0 Å². The van der Waals surface area contributed by atoms with Crippen molar-refractivity contribution in [1.82, 2.24) is 5.32 Å². The predicted octanol–water partition coefficient (Wildman–Crippen LogP) is 4.02. The minimum Gasteiger partial charge on any atom is -0.493 e. The first kappa shape index (κ1) is 13.6. The molecule has 0 fully saturated rings. The van der Waals surface area contributed by atoms with Crippen molar-refractivity contribution >= 4 is 15.9 Å². The van der Waals surface area contributed by atoms with E-state index >= 15 is 0 Å². The second-order valence-electron chi connectivity index (χ2n) is 4.86. The summed E-state index contributed by atoms with van der Waals surface area (Å²) >= 11 is 3.25. The average molecular weight is 336 g/mol. The summed E-state index contributed by atoms with van der Waals surface area (Å²) in [6, 6.07) is 13.2. The Morgan fingerprint density at radius 3 is 2.85 bits per heavy atom. The van der Waals surface area contributed by atoms with E-state index in [0.717, 1.165) is 11.3 Å². The molecule has 2 nitrogen and oxygen atoms in total. The van der Waals surface area contributed by atoms with Gasteiger partial charge in [0.15, 0.2) is 0 Å². The highest BCUT2D eigenvalue weighted by Gasteiger charge is 2.32. The Labute approximate surface area is 126 Å². The normalized spacial score (nSPS) is 18.4. The Balaban J connectivity index is 2.02. The van der Waals surface area contributed by atoms with Crippen LogP contribution in [0.5, 0.6) is 5.75 Å². The molecule has 1 aliphatic heterocycles. The first-order valence-electron chi connectivity index (χ1n) is 6.55. The topological polar surface area (TPSA) is 21.3 Å². The van der Waals surface area contributed by atoms with Gasteiger partial charge in [-0.25, -0.2) is 4.39 Å². The molecule has 0 aliphatic carbocycles. The van der Waals surface area contributed by atoms with Gasteiger partial charge < -0.3 is 10.1 Å². The van der Waals surface area contributed by atoms with E-state index < -0.39 is 0 Å². The molecule has 0 aromatic heterocycles. The summed E-state index contributed by atoms with van der Waals surface area (Å²) in [5, 5.41) is 3.23. The molecular formula is C16H15BrFNO. The molecule has 2 atom stereocenters. The molecule has 1 aliphatic rings. The van der Waals surface area contributed by atoms with E-state index in [4.69, 9.17) is 4.74 Å². The number of nitrogens with one attached hydrogen (secondary N) is 1. The molecule has 0 radical (unpaired) electrons. The molecule has 2 unspecified atom stereocenters. The number of likely N-dealkylation sites (N-methyl/N-ethyl adjacent to an activating group) is 1. The SMILES string of the molecule is CNC(c1cccc(Br)c1F)C1COc2ccccc21. The van der Waals surface area contributed by atoms with E-state index in [1.165, 1.54) is 0 Å². The molecule has 0 amide bonds. The van der Waals surface area contributed by atoms with Gasteiger partial charge in [-0.3, -0.25) is 0 Å². The van der Waals surface area contributed by atoms with Gasteiger partial charge in [-0.2, -0.15) is 0 Å². The van der Waals surface area contributed by atoms with Crippen LogP contribution < -0.4 is 10.1 Å². The highest BCUT2D eigenvalue weighted by molar-refractivity contribution is 9.10. The lowest BCUT2D eigenvalue weighted by Crippen LogP contribution is -2.26. The number of para-hydroxylation sites is 1. The Morgan fingerprint density at radius 2 is 2.05 bits per heavy atom. The van der Waals surface area contributed by atoms with E-state index in [9.17, 15) is 4.39 Å². The highest BCUT2D eigenvalue weighted by atomic mass is 79.9. The van der Waals surface area contributed by atoms with Crippen molar-refractivity contribution in [3.05, 3.63) is 63.9 Å². The number of hydrogen-bond donors (Lipinski definition) is 1. The third-order valence-corrected chi connectivity index (χ3v) is 4.38. The van der Waals surface area contributed by atoms with Gasteiger partial charge in [0, 0.05) is 23.1 Å². The second kappa shape index (κ2) is 5.54. The Kier molecular flexibility index (Phi) is 3.76. The number of hydrogen-bond acceptors (Lipinski definition) is 2. The quantitative estimate of drug-likeness (QED) is 0.914. The standard InChI is InChI=1S/C16H15BrFNO/c1-19-16(11-6-4-7-13(17)15(11)18)12-9-20-14-8-3-2-5-10(12)14/h2-8,12,16,19H,9H2,1H3. The first-order chi connectivity index (χ1) is 9.72. The van der Waals surface area contributed by atoms with Crippen LogP contribution in [-0.2, 0) is 0 Å². The van der Waals surface area contributed by atoms with Crippen molar-refractivity contribution in [3.63, 3.8) is 0 Å². The van der Waals surface area contributed by atoms with Crippen molar-refractivity contribution in [2.45, 2.75) is 12.0 Å². The summed E-state index contributed by atoms with van der Waals surface area (Å²) < 4.78 is 20.5.